The molecule has 0 saturated heterocycles. The molecule has 1 aliphatic rings. The SMILES string of the molecule is CCOc1ccccc1NC(=O)C1=C(C)NC(=S)N[C@@H]1c1ccc(OC)cc1OC. The van der Waals surface area contributed by atoms with E-state index in [4.69, 9.17) is 26.4 Å². The number of rotatable bonds is 7. The molecule has 0 radical (unpaired) electrons. The second-order valence-corrected chi connectivity index (χ2v) is 6.97. The summed E-state index contributed by atoms with van der Waals surface area (Å²) in [6.07, 6.45) is 0. The van der Waals surface area contributed by atoms with Crippen LogP contribution in [0.2, 0.25) is 0 Å². The van der Waals surface area contributed by atoms with Crippen LogP contribution in [0.1, 0.15) is 25.5 Å². The number of ether oxygens (including phenoxy) is 3. The molecule has 158 valence electrons. The van der Waals surface area contributed by atoms with Crippen molar-refractivity contribution in [3.63, 3.8) is 0 Å². The number of methoxy groups -OCH3 is 2. The summed E-state index contributed by atoms with van der Waals surface area (Å²) in [6, 6.07) is 12.3. The second-order valence-electron chi connectivity index (χ2n) is 6.56. The monoisotopic (exact) mass is 427 g/mol. The summed E-state index contributed by atoms with van der Waals surface area (Å²) in [5, 5.41) is 9.61. The third-order valence-corrected chi connectivity index (χ3v) is 4.92. The third-order valence-electron chi connectivity index (χ3n) is 4.70. The molecule has 7 nitrogen and oxygen atoms in total. The van der Waals surface area contributed by atoms with E-state index in [1.54, 1.807) is 26.4 Å². The zero-order valence-electron chi connectivity index (χ0n) is 17.4. The Bertz CT molecular complexity index is 990. The number of carbonyl (C=O) groups is 1. The number of hydrogen-bond acceptors (Lipinski definition) is 5. The standard InChI is InChI=1S/C22H25N3O4S/c1-5-29-17-9-7-6-8-16(17)24-21(26)19-13(2)23-22(30)25-20(19)15-11-10-14(27-3)12-18(15)28-4/h6-12,20H,5H2,1-4H3,(H,24,26)(H2,23,25,30)/t20-/m1/s1. The minimum atomic E-state index is -0.501. The van der Waals surface area contributed by atoms with Gasteiger partial charge in [0.1, 0.15) is 17.2 Å². The summed E-state index contributed by atoms with van der Waals surface area (Å²) in [4.78, 5) is 13.3. The van der Waals surface area contributed by atoms with E-state index in [-0.39, 0.29) is 5.91 Å². The lowest BCUT2D eigenvalue weighted by Gasteiger charge is -2.31. The van der Waals surface area contributed by atoms with Crippen molar-refractivity contribution >= 4 is 28.9 Å². The first-order valence-corrected chi connectivity index (χ1v) is 9.92. The molecule has 0 unspecified atom stereocenters. The number of hydrogen-bond donors (Lipinski definition) is 3. The van der Waals surface area contributed by atoms with Gasteiger partial charge in [0.2, 0.25) is 0 Å². The number of nitrogens with one attached hydrogen (secondary N) is 3. The predicted octanol–water partition coefficient (Wildman–Crippen LogP) is 3.53. The third kappa shape index (κ3) is 4.49. The van der Waals surface area contributed by atoms with Gasteiger partial charge in [-0.1, -0.05) is 12.1 Å². The van der Waals surface area contributed by atoms with Gasteiger partial charge in [-0.15, -0.1) is 0 Å². The summed E-state index contributed by atoms with van der Waals surface area (Å²) in [7, 11) is 3.16. The van der Waals surface area contributed by atoms with Gasteiger partial charge in [-0.3, -0.25) is 4.79 Å². The first-order valence-electron chi connectivity index (χ1n) is 9.51. The fourth-order valence-corrected chi connectivity index (χ4v) is 3.60. The Morgan fingerprint density at radius 1 is 1.13 bits per heavy atom. The minimum Gasteiger partial charge on any atom is -0.497 e. The molecule has 0 aromatic heterocycles. The molecule has 3 rings (SSSR count). The normalized spacial score (nSPS) is 15.7. The average Bonchev–Trinajstić information content (AvgIpc) is 2.74. The Kier molecular flexibility index (Phi) is 6.79. The lowest BCUT2D eigenvalue weighted by atomic mass is 9.94. The van der Waals surface area contributed by atoms with E-state index in [1.165, 1.54) is 0 Å². The van der Waals surface area contributed by atoms with Crippen molar-refractivity contribution in [3.05, 3.63) is 59.3 Å². The van der Waals surface area contributed by atoms with Gasteiger partial charge in [-0.25, -0.2) is 0 Å². The molecule has 0 fully saturated rings. The molecule has 2 aromatic carbocycles. The highest BCUT2D eigenvalue weighted by Crippen LogP contribution is 2.36. The molecule has 1 amide bonds. The number of para-hydroxylation sites is 2. The summed E-state index contributed by atoms with van der Waals surface area (Å²) >= 11 is 5.34. The molecule has 0 spiro atoms. The molecule has 0 bridgehead atoms. The first kappa shape index (κ1) is 21.4. The lowest BCUT2D eigenvalue weighted by Crippen LogP contribution is -2.45. The average molecular weight is 428 g/mol. The van der Waals surface area contributed by atoms with E-state index in [2.05, 4.69) is 16.0 Å². The van der Waals surface area contributed by atoms with Gasteiger partial charge in [0.25, 0.3) is 5.91 Å². The topological polar surface area (TPSA) is 80.9 Å². The van der Waals surface area contributed by atoms with Gasteiger partial charge in [0.15, 0.2) is 5.11 Å². The van der Waals surface area contributed by atoms with E-state index >= 15 is 0 Å². The Hall–Kier alpha value is -3.26. The molecule has 2 aromatic rings. The Morgan fingerprint density at radius 3 is 2.60 bits per heavy atom. The van der Waals surface area contributed by atoms with Crippen LogP contribution in [0.3, 0.4) is 0 Å². The molecule has 30 heavy (non-hydrogen) atoms. The summed E-state index contributed by atoms with van der Waals surface area (Å²) in [5.41, 5.74) is 2.52. The summed E-state index contributed by atoms with van der Waals surface area (Å²) < 4.78 is 16.5. The lowest BCUT2D eigenvalue weighted by molar-refractivity contribution is -0.113. The highest BCUT2D eigenvalue weighted by atomic mass is 32.1. The van der Waals surface area contributed by atoms with Crippen molar-refractivity contribution in [2.75, 3.05) is 26.1 Å². The number of anilines is 1. The molecule has 1 atom stereocenters. The maximum Gasteiger partial charge on any atom is 0.255 e. The van der Waals surface area contributed by atoms with Gasteiger partial charge >= 0.3 is 0 Å². The van der Waals surface area contributed by atoms with Gasteiger partial charge < -0.3 is 30.2 Å². The van der Waals surface area contributed by atoms with Crippen LogP contribution in [0.5, 0.6) is 17.2 Å². The van der Waals surface area contributed by atoms with Crippen LogP contribution in [0.15, 0.2) is 53.7 Å². The largest absolute Gasteiger partial charge is 0.497 e. The molecule has 8 heteroatoms. The van der Waals surface area contributed by atoms with E-state index in [9.17, 15) is 4.79 Å². The minimum absolute atomic E-state index is 0.273. The van der Waals surface area contributed by atoms with E-state index in [0.29, 0.717) is 45.9 Å². The number of benzene rings is 2. The zero-order chi connectivity index (χ0) is 21.7. The zero-order valence-corrected chi connectivity index (χ0v) is 18.2. The van der Waals surface area contributed by atoms with Crippen LogP contribution in [-0.4, -0.2) is 31.8 Å². The van der Waals surface area contributed by atoms with Gasteiger partial charge in [-0.2, -0.15) is 0 Å². The Labute approximate surface area is 181 Å². The van der Waals surface area contributed by atoms with Crippen LogP contribution >= 0.6 is 12.2 Å². The van der Waals surface area contributed by atoms with Crippen LogP contribution < -0.4 is 30.2 Å². The molecule has 0 saturated carbocycles. The van der Waals surface area contributed by atoms with E-state index in [0.717, 1.165) is 5.56 Å². The maximum absolute atomic E-state index is 13.3. The van der Waals surface area contributed by atoms with Crippen molar-refractivity contribution in [1.82, 2.24) is 10.6 Å². The smallest absolute Gasteiger partial charge is 0.255 e. The van der Waals surface area contributed by atoms with Crippen LogP contribution in [0, 0.1) is 0 Å². The molecule has 1 heterocycles. The van der Waals surface area contributed by atoms with Gasteiger partial charge in [0.05, 0.1) is 38.1 Å². The van der Waals surface area contributed by atoms with E-state index in [1.807, 2.05) is 44.2 Å². The fraction of sp³-hybridized carbons (Fsp3) is 0.273. The molecular weight excluding hydrogens is 402 g/mol. The molecular formula is C22H25N3O4S. The highest BCUT2D eigenvalue weighted by Gasteiger charge is 2.32. The van der Waals surface area contributed by atoms with Crippen molar-refractivity contribution < 1.29 is 19.0 Å². The number of thiocarbonyl (C=S) groups is 1. The van der Waals surface area contributed by atoms with Crippen molar-refractivity contribution in [1.29, 1.82) is 0 Å². The Morgan fingerprint density at radius 2 is 1.90 bits per heavy atom. The first-order chi connectivity index (χ1) is 14.5. The quantitative estimate of drug-likeness (QED) is 0.583. The van der Waals surface area contributed by atoms with Crippen LogP contribution in [-0.2, 0) is 4.79 Å². The predicted molar refractivity (Wildman–Crippen MR) is 120 cm³/mol. The van der Waals surface area contributed by atoms with Crippen LogP contribution in [0.4, 0.5) is 5.69 Å². The summed E-state index contributed by atoms with van der Waals surface area (Å²) in [6.45, 7) is 4.21. The highest BCUT2D eigenvalue weighted by molar-refractivity contribution is 7.80. The van der Waals surface area contributed by atoms with Crippen molar-refractivity contribution in [2.45, 2.75) is 19.9 Å². The fourth-order valence-electron chi connectivity index (χ4n) is 3.33. The van der Waals surface area contributed by atoms with Gasteiger partial charge in [0, 0.05) is 17.3 Å². The number of carbonyl (C=O) groups excluding carboxylic acids is 1. The molecule has 0 aliphatic carbocycles. The van der Waals surface area contributed by atoms with Crippen molar-refractivity contribution in [2.24, 2.45) is 0 Å². The maximum atomic E-state index is 13.3. The second kappa shape index (κ2) is 9.49. The Balaban J connectivity index is 2.00. The number of allylic oxidation sites excluding steroid dienone is 1. The number of amides is 1. The summed E-state index contributed by atoms with van der Waals surface area (Å²) in [5.74, 6) is 1.58. The van der Waals surface area contributed by atoms with Gasteiger partial charge in [-0.05, 0) is 50.3 Å². The molecule has 1 aliphatic heterocycles. The van der Waals surface area contributed by atoms with Crippen LogP contribution in [0.25, 0.3) is 0 Å². The van der Waals surface area contributed by atoms with Crippen molar-refractivity contribution in [3.8, 4) is 17.2 Å². The molecule has 3 N–H and O–H groups in total. The van der Waals surface area contributed by atoms with E-state index < -0.39 is 6.04 Å².